The number of amides is 1. The summed E-state index contributed by atoms with van der Waals surface area (Å²) in [5.41, 5.74) is 0.787. The van der Waals surface area contributed by atoms with Crippen LogP contribution in [0, 0.1) is 11.8 Å². The molecular weight excluding hydrogens is 292 g/mol. The highest BCUT2D eigenvalue weighted by Gasteiger charge is 2.21. The highest BCUT2D eigenvalue weighted by molar-refractivity contribution is 7.98. The van der Waals surface area contributed by atoms with Crippen molar-refractivity contribution in [3.63, 3.8) is 0 Å². The fraction of sp³-hybridized carbons (Fsp3) is 0.611. The van der Waals surface area contributed by atoms with Gasteiger partial charge < -0.3 is 10.2 Å². The molecule has 1 aromatic carbocycles. The summed E-state index contributed by atoms with van der Waals surface area (Å²) < 4.78 is 0. The third kappa shape index (κ3) is 5.03. The van der Waals surface area contributed by atoms with Crippen LogP contribution in [0.5, 0.6) is 0 Å². The SMILES string of the molecule is CSc1ccccc1C(=O)NCCCN1C[C@H](C)C[C@H](C)C1. The number of likely N-dealkylation sites (tertiary alicyclic amines) is 1. The monoisotopic (exact) mass is 320 g/mol. The first kappa shape index (κ1) is 17.4. The van der Waals surface area contributed by atoms with Crippen LogP contribution in [0.25, 0.3) is 0 Å². The van der Waals surface area contributed by atoms with Gasteiger partial charge in [0.25, 0.3) is 5.91 Å². The maximum atomic E-state index is 12.2. The predicted molar refractivity (Wildman–Crippen MR) is 94.6 cm³/mol. The topological polar surface area (TPSA) is 32.3 Å². The van der Waals surface area contributed by atoms with Crippen LogP contribution in [0.15, 0.2) is 29.2 Å². The number of thioether (sulfide) groups is 1. The summed E-state index contributed by atoms with van der Waals surface area (Å²) in [6.07, 6.45) is 4.37. The van der Waals surface area contributed by atoms with Crippen LogP contribution in [0.2, 0.25) is 0 Å². The third-order valence-corrected chi connectivity index (χ3v) is 5.03. The Kier molecular flexibility index (Phi) is 6.77. The van der Waals surface area contributed by atoms with Crippen molar-refractivity contribution in [2.45, 2.75) is 31.6 Å². The van der Waals surface area contributed by atoms with Crippen LogP contribution in [0.1, 0.15) is 37.0 Å². The van der Waals surface area contributed by atoms with Gasteiger partial charge in [-0.15, -0.1) is 11.8 Å². The molecule has 1 aliphatic rings. The predicted octanol–water partition coefficient (Wildman–Crippen LogP) is 3.51. The number of nitrogens with one attached hydrogen (secondary N) is 1. The minimum Gasteiger partial charge on any atom is -0.352 e. The van der Waals surface area contributed by atoms with Gasteiger partial charge >= 0.3 is 0 Å². The number of hydrogen-bond acceptors (Lipinski definition) is 3. The molecule has 0 radical (unpaired) electrons. The molecule has 1 fully saturated rings. The van der Waals surface area contributed by atoms with E-state index in [1.165, 1.54) is 19.5 Å². The lowest BCUT2D eigenvalue weighted by molar-refractivity contribution is 0.0944. The molecule has 0 aliphatic carbocycles. The number of carbonyl (C=O) groups is 1. The van der Waals surface area contributed by atoms with Crippen molar-refractivity contribution in [2.75, 3.05) is 32.4 Å². The number of benzene rings is 1. The average Bonchev–Trinajstić information content (AvgIpc) is 2.50. The molecule has 1 saturated heterocycles. The number of hydrogen-bond donors (Lipinski definition) is 1. The van der Waals surface area contributed by atoms with Crippen molar-refractivity contribution in [1.29, 1.82) is 0 Å². The van der Waals surface area contributed by atoms with Crippen molar-refractivity contribution < 1.29 is 4.79 Å². The Balaban J connectivity index is 1.73. The largest absolute Gasteiger partial charge is 0.352 e. The van der Waals surface area contributed by atoms with Gasteiger partial charge in [0.2, 0.25) is 0 Å². The lowest BCUT2D eigenvalue weighted by Crippen LogP contribution is -2.40. The summed E-state index contributed by atoms with van der Waals surface area (Å²) in [4.78, 5) is 15.8. The van der Waals surface area contributed by atoms with Gasteiger partial charge in [-0.25, -0.2) is 0 Å². The van der Waals surface area contributed by atoms with Crippen LogP contribution in [0.3, 0.4) is 0 Å². The molecule has 0 saturated carbocycles. The molecule has 1 N–H and O–H groups in total. The smallest absolute Gasteiger partial charge is 0.252 e. The summed E-state index contributed by atoms with van der Waals surface area (Å²) in [7, 11) is 0. The molecule has 22 heavy (non-hydrogen) atoms. The Morgan fingerprint density at radius 3 is 2.64 bits per heavy atom. The maximum Gasteiger partial charge on any atom is 0.252 e. The van der Waals surface area contributed by atoms with Gasteiger partial charge in [0.1, 0.15) is 0 Å². The molecule has 0 spiro atoms. The van der Waals surface area contributed by atoms with Crippen LogP contribution in [-0.4, -0.2) is 43.2 Å². The van der Waals surface area contributed by atoms with Crippen LogP contribution >= 0.6 is 11.8 Å². The van der Waals surface area contributed by atoms with Crippen LogP contribution in [-0.2, 0) is 0 Å². The van der Waals surface area contributed by atoms with Crippen molar-refractivity contribution >= 4 is 17.7 Å². The second kappa shape index (κ2) is 8.59. The van der Waals surface area contributed by atoms with E-state index in [0.29, 0.717) is 0 Å². The summed E-state index contributed by atoms with van der Waals surface area (Å²) in [5.74, 6) is 1.64. The van der Waals surface area contributed by atoms with Crippen molar-refractivity contribution in [3.05, 3.63) is 29.8 Å². The summed E-state index contributed by atoms with van der Waals surface area (Å²) in [6.45, 7) is 8.91. The molecule has 1 aromatic rings. The highest BCUT2D eigenvalue weighted by atomic mass is 32.2. The molecule has 1 aliphatic heterocycles. The Morgan fingerprint density at radius 1 is 1.27 bits per heavy atom. The van der Waals surface area contributed by atoms with Gasteiger partial charge in [-0.1, -0.05) is 26.0 Å². The fourth-order valence-electron chi connectivity index (χ4n) is 3.41. The first-order valence-electron chi connectivity index (χ1n) is 8.23. The van der Waals surface area contributed by atoms with Crippen LogP contribution in [0.4, 0.5) is 0 Å². The van der Waals surface area contributed by atoms with E-state index in [1.807, 2.05) is 30.5 Å². The molecule has 4 heteroatoms. The summed E-state index contributed by atoms with van der Waals surface area (Å²) >= 11 is 1.62. The molecule has 122 valence electrons. The molecule has 0 aromatic heterocycles. The number of nitrogens with zero attached hydrogens (tertiary/aromatic N) is 1. The Bertz CT molecular complexity index is 482. The molecule has 0 bridgehead atoms. The number of carbonyl (C=O) groups excluding carboxylic acids is 1. The number of rotatable bonds is 6. The zero-order chi connectivity index (χ0) is 15.9. The average molecular weight is 321 g/mol. The quantitative estimate of drug-likeness (QED) is 0.643. The lowest BCUT2D eigenvalue weighted by Gasteiger charge is -2.34. The zero-order valence-electron chi connectivity index (χ0n) is 14.0. The van der Waals surface area contributed by atoms with Crippen molar-refractivity contribution in [2.24, 2.45) is 11.8 Å². The molecule has 3 nitrogen and oxygen atoms in total. The lowest BCUT2D eigenvalue weighted by atomic mass is 9.92. The van der Waals surface area contributed by atoms with Gasteiger partial charge in [0.05, 0.1) is 5.56 Å². The van der Waals surface area contributed by atoms with E-state index in [1.54, 1.807) is 11.8 Å². The van der Waals surface area contributed by atoms with Crippen LogP contribution < -0.4 is 5.32 Å². The molecule has 2 rings (SSSR count). The van der Waals surface area contributed by atoms with E-state index in [4.69, 9.17) is 0 Å². The fourth-order valence-corrected chi connectivity index (χ4v) is 4.00. The minimum absolute atomic E-state index is 0.0466. The standard InChI is InChI=1S/C18H28N2OS/c1-14-11-15(2)13-20(12-14)10-6-9-19-18(21)16-7-4-5-8-17(16)22-3/h4-5,7-8,14-15H,6,9-13H2,1-3H3,(H,19,21)/t14-,15+. The van der Waals surface area contributed by atoms with E-state index in [9.17, 15) is 4.79 Å². The van der Waals surface area contributed by atoms with Gasteiger partial charge in [0.15, 0.2) is 0 Å². The van der Waals surface area contributed by atoms with Gasteiger partial charge in [-0.05, 0) is 49.6 Å². The first-order chi connectivity index (χ1) is 10.6. The molecular formula is C18H28N2OS. The maximum absolute atomic E-state index is 12.2. The molecule has 1 heterocycles. The second-order valence-electron chi connectivity index (χ2n) is 6.52. The molecule has 0 unspecified atom stereocenters. The van der Waals surface area contributed by atoms with E-state index in [2.05, 4.69) is 24.1 Å². The Labute approximate surface area is 138 Å². The number of piperidine rings is 1. The summed E-state index contributed by atoms with van der Waals surface area (Å²) in [5, 5.41) is 3.06. The minimum atomic E-state index is 0.0466. The second-order valence-corrected chi connectivity index (χ2v) is 7.36. The highest BCUT2D eigenvalue weighted by Crippen LogP contribution is 2.21. The summed E-state index contributed by atoms with van der Waals surface area (Å²) in [6, 6.07) is 7.79. The Hall–Kier alpha value is -1.00. The van der Waals surface area contributed by atoms with E-state index < -0.39 is 0 Å². The normalized spacial score (nSPS) is 22.5. The van der Waals surface area contributed by atoms with Crippen molar-refractivity contribution in [1.82, 2.24) is 10.2 Å². The zero-order valence-corrected chi connectivity index (χ0v) is 14.8. The van der Waals surface area contributed by atoms with Gasteiger partial charge in [-0.3, -0.25) is 4.79 Å². The van der Waals surface area contributed by atoms with E-state index in [0.717, 1.165) is 41.8 Å². The first-order valence-corrected chi connectivity index (χ1v) is 9.46. The van der Waals surface area contributed by atoms with E-state index >= 15 is 0 Å². The molecule has 2 atom stereocenters. The van der Waals surface area contributed by atoms with Crippen molar-refractivity contribution in [3.8, 4) is 0 Å². The molecule has 1 amide bonds. The van der Waals surface area contributed by atoms with E-state index in [-0.39, 0.29) is 5.91 Å². The third-order valence-electron chi connectivity index (χ3n) is 4.23. The van der Waals surface area contributed by atoms with Gasteiger partial charge in [-0.2, -0.15) is 0 Å². The van der Waals surface area contributed by atoms with Gasteiger partial charge in [0, 0.05) is 24.5 Å². The Morgan fingerprint density at radius 2 is 1.95 bits per heavy atom.